The van der Waals surface area contributed by atoms with Gasteiger partial charge in [-0.3, -0.25) is 4.79 Å². The molecule has 0 aromatic heterocycles. The van der Waals surface area contributed by atoms with Gasteiger partial charge in [-0.05, 0) is 30.0 Å². The molecule has 6 heteroatoms. The number of nitrogens with two attached hydrogens (primary N) is 1. The third-order valence-corrected chi connectivity index (χ3v) is 2.99. The zero-order chi connectivity index (χ0) is 16.0. The lowest BCUT2D eigenvalue weighted by molar-refractivity contribution is -0.124. The molecule has 1 amide bonds. The summed E-state index contributed by atoms with van der Waals surface area (Å²) >= 11 is 0. The van der Waals surface area contributed by atoms with Crippen LogP contribution in [0.4, 0.5) is 8.78 Å². The molecule has 0 radical (unpaired) electrons. The second kappa shape index (κ2) is 7.36. The van der Waals surface area contributed by atoms with E-state index in [2.05, 4.69) is 5.32 Å². The van der Waals surface area contributed by atoms with Crippen LogP contribution in [0, 0.1) is 6.92 Å². The molecule has 3 N–H and O–H groups in total. The van der Waals surface area contributed by atoms with Crippen LogP contribution >= 0.6 is 0 Å². The van der Waals surface area contributed by atoms with Gasteiger partial charge in [-0.1, -0.05) is 26.0 Å². The Bertz CT molecular complexity index is 491. The molecule has 1 aromatic carbocycles. The largest absolute Gasteiger partial charge is 0.483 e. The molecule has 118 valence electrons. The summed E-state index contributed by atoms with van der Waals surface area (Å²) in [5.41, 5.74) is 6.87. The number of hydrogen-bond donors (Lipinski definition) is 2. The van der Waals surface area contributed by atoms with E-state index in [9.17, 15) is 13.6 Å². The summed E-state index contributed by atoms with van der Waals surface area (Å²) in [7, 11) is 0. The highest BCUT2D eigenvalue weighted by Crippen LogP contribution is 2.27. The molecule has 0 aliphatic rings. The standard InChI is InChI=1S/C15H22F2N2O2/c1-10(2)12-5-4-11(3)6-13(12)21-7-14(20)19-9-15(16,17)8-18/h4-6,10H,7-9,18H2,1-3H3,(H,19,20). The number of ether oxygens (including phenoxy) is 1. The van der Waals surface area contributed by atoms with Gasteiger partial charge in [-0.25, -0.2) is 8.78 Å². The predicted molar refractivity (Wildman–Crippen MR) is 77.8 cm³/mol. The van der Waals surface area contributed by atoms with Crippen molar-refractivity contribution in [2.24, 2.45) is 5.73 Å². The van der Waals surface area contributed by atoms with Crippen LogP contribution in [0.5, 0.6) is 5.75 Å². The van der Waals surface area contributed by atoms with Gasteiger partial charge in [-0.15, -0.1) is 0 Å². The molecule has 0 fully saturated rings. The van der Waals surface area contributed by atoms with E-state index >= 15 is 0 Å². The van der Waals surface area contributed by atoms with Crippen molar-refractivity contribution in [3.8, 4) is 5.75 Å². The minimum atomic E-state index is -3.10. The van der Waals surface area contributed by atoms with Crippen LogP contribution in [0.2, 0.25) is 0 Å². The summed E-state index contributed by atoms with van der Waals surface area (Å²) in [6.45, 7) is 4.06. The van der Waals surface area contributed by atoms with E-state index in [1.54, 1.807) is 0 Å². The molecule has 0 unspecified atom stereocenters. The predicted octanol–water partition coefficient (Wildman–Crippen LogP) is 2.21. The molecule has 0 aliphatic heterocycles. The van der Waals surface area contributed by atoms with E-state index in [1.807, 2.05) is 39.0 Å². The highest BCUT2D eigenvalue weighted by Gasteiger charge is 2.27. The van der Waals surface area contributed by atoms with Crippen molar-refractivity contribution in [1.82, 2.24) is 5.32 Å². The molecule has 1 aromatic rings. The van der Waals surface area contributed by atoms with Crippen LogP contribution in [-0.4, -0.2) is 31.5 Å². The maximum atomic E-state index is 12.9. The molecule has 4 nitrogen and oxygen atoms in total. The van der Waals surface area contributed by atoms with E-state index in [1.165, 1.54) is 0 Å². The van der Waals surface area contributed by atoms with Crippen molar-refractivity contribution < 1.29 is 18.3 Å². The van der Waals surface area contributed by atoms with Gasteiger partial charge in [0.1, 0.15) is 5.75 Å². The second-order valence-corrected chi connectivity index (χ2v) is 5.32. The maximum absolute atomic E-state index is 12.9. The molecular weight excluding hydrogens is 278 g/mol. The Morgan fingerprint density at radius 2 is 2.10 bits per heavy atom. The number of alkyl halides is 2. The first kappa shape index (κ1) is 17.4. The van der Waals surface area contributed by atoms with Crippen LogP contribution in [0.15, 0.2) is 18.2 Å². The van der Waals surface area contributed by atoms with Crippen molar-refractivity contribution in [3.63, 3.8) is 0 Å². The number of nitrogens with one attached hydrogen (secondary N) is 1. The van der Waals surface area contributed by atoms with Crippen LogP contribution in [0.3, 0.4) is 0 Å². The first-order valence-electron chi connectivity index (χ1n) is 6.83. The van der Waals surface area contributed by atoms with Gasteiger partial charge in [0, 0.05) is 0 Å². The Balaban J connectivity index is 2.59. The van der Waals surface area contributed by atoms with Crippen LogP contribution < -0.4 is 15.8 Å². The van der Waals surface area contributed by atoms with Crippen molar-refractivity contribution in [3.05, 3.63) is 29.3 Å². The summed E-state index contributed by atoms with van der Waals surface area (Å²) in [6.07, 6.45) is 0. The number of carbonyl (C=O) groups is 1. The molecule has 0 spiro atoms. The highest BCUT2D eigenvalue weighted by atomic mass is 19.3. The van der Waals surface area contributed by atoms with Gasteiger partial charge in [0.2, 0.25) is 0 Å². The molecule has 0 saturated carbocycles. The Hall–Kier alpha value is -1.69. The zero-order valence-corrected chi connectivity index (χ0v) is 12.6. The lowest BCUT2D eigenvalue weighted by Crippen LogP contribution is -2.43. The topological polar surface area (TPSA) is 64.3 Å². The first-order chi connectivity index (χ1) is 9.75. The Labute approximate surface area is 123 Å². The number of carbonyl (C=O) groups excluding carboxylic acids is 1. The smallest absolute Gasteiger partial charge is 0.277 e. The summed E-state index contributed by atoms with van der Waals surface area (Å²) in [4.78, 5) is 11.5. The molecule has 0 heterocycles. The molecule has 0 bridgehead atoms. The summed E-state index contributed by atoms with van der Waals surface area (Å²) in [5, 5.41) is 2.11. The molecule has 21 heavy (non-hydrogen) atoms. The Morgan fingerprint density at radius 1 is 1.43 bits per heavy atom. The molecule has 0 atom stereocenters. The van der Waals surface area contributed by atoms with E-state index in [-0.39, 0.29) is 12.5 Å². The van der Waals surface area contributed by atoms with Crippen molar-refractivity contribution in [2.45, 2.75) is 32.6 Å². The summed E-state index contributed by atoms with van der Waals surface area (Å²) in [5.74, 6) is -2.85. The number of amides is 1. The summed E-state index contributed by atoms with van der Waals surface area (Å²) < 4.78 is 31.3. The minimum Gasteiger partial charge on any atom is -0.483 e. The number of hydrogen-bond acceptors (Lipinski definition) is 3. The monoisotopic (exact) mass is 300 g/mol. The number of halogens is 2. The fourth-order valence-electron chi connectivity index (χ4n) is 1.74. The lowest BCUT2D eigenvalue weighted by atomic mass is 10.0. The SMILES string of the molecule is Cc1ccc(C(C)C)c(OCC(=O)NCC(F)(F)CN)c1. The van der Waals surface area contributed by atoms with Gasteiger partial charge in [-0.2, -0.15) is 0 Å². The third kappa shape index (κ3) is 5.67. The summed E-state index contributed by atoms with van der Waals surface area (Å²) in [6, 6.07) is 5.73. The molecule has 0 aliphatic carbocycles. The van der Waals surface area contributed by atoms with Crippen LogP contribution in [-0.2, 0) is 4.79 Å². The van der Waals surface area contributed by atoms with Gasteiger partial charge in [0.25, 0.3) is 11.8 Å². The number of rotatable bonds is 7. The number of aryl methyl sites for hydroxylation is 1. The third-order valence-electron chi connectivity index (χ3n) is 2.99. The van der Waals surface area contributed by atoms with Gasteiger partial charge in [0.05, 0.1) is 13.1 Å². The van der Waals surface area contributed by atoms with E-state index in [0.29, 0.717) is 5.75 Å². The average Bonchev–Trinajstić information content (AvgIpc) is 2.42. The van der Waals surface area contributed by atoms with Crippen LogP contribution in [0.1, 0.15) is 30.9 Å². The highest BCUT2D eigenvalue weighted by molar-refractivity contribution is 5.77. The van der Waals surface area contributed by atoms with E-state index < -0.39 is 24.9 Å². The van der Waals surface area contributed by atoms with E-state index in [0.717, 1.165) is 11.1 Å². The van der Waals surface area contributed by atoms with Gasteiger partial charge >= 0.3 is 0 Å². The quantitative estimate of drug-likeness (QED) is 0.811. The molecule has 0 saturated heterocycles. The van der Waals surface area contributed by atoms with Gasteiger partial charge < -0.3 is 15.8 Å². The van der Waals surface area contributed by atoms with Gasteiger partial charge in [0.15, 0.2) is 6.61 Å². The number of benzene rings is 1. The zero-order valence-electron chi connectivity index (χ0n) is 12.6. The van der Waals surface area contributed by atoms with E-state index in [4.69, 9.17) is 10.5 Å². The minimum absolute atomic E-state index is 0.241. The Morgan fingerprint density at radius 3 is 2.67 bits per heavy atom. The van der Waals surface area contributed by atoms with Crippen LogP contribution in [0.25, 0.3) is 0 Å². The lowest BCUT2D eigenvalue weighted by Gasteiger charge is -2.16. The van der Waals surface area contributed by atoms with Crippen molar-refractivity contribution in [1.29, 1.82) is 0 Å². The molecular formula is C15H22F2N2O2. The fourth-order valence-corrected chi connectivity index (χ4v) is 1.74. The maximum Gasteiger partial charge on any atom is 0.277 e. The van der Waals surface area contributed by atoms with Crippen molar-refractivity contribution in [2.75, 3.05) is 19.7 Å². The first-order valence-corrected chi connectivity index (χ1v) is 6.83. The Kier molecular flexibility index (Phi) is 6.08. The average molecular weight is 300 g/mol. The normalized spacial score (nSPS) is 11.6. The second-order valence-electron chi connectivity index (χ2n) is 5.32. The van der Waals surface area contributed by atoms with Crippen molar-refractivity contribution >= 4 is 5.91 Å². The molecule has 1 rings (SSSR count). The fraction of sp³-hybridized carbons (Fsp3) is 0.533.